The van der Waals surface area contributed by atoms with Crippen molar-refractivity contribution in [3.05, 3.63) is 12.2 Å². The minimum atomic E-state index is 0.153. The molecular formula is C11H17N3OS. The first kappa shape index (κ1) is 11.6. The van der Waals surface area contributed by atoms with E-state index < -0.39 is 0 Å². The van der Waals surface area contributed by atoms with Crippen molar-refractivity contribution in [1.29, 1.82) is 0 Å². The Morgan fingerprint density at radius 3 is 3.06 bits per heavy atom. The summed E-state index contributed by atoms with van der Waals surface area (Å²) < 4.78 is 1.93. The van der Waals surface area contributed by atoms with Gasteiger partial charge in [-0.2, -0.15) is 16.9 Å². The van der Waals surface area contributed by atoms with Crippen molar-refractivity contribution < 1.29 is 4.79 Å². The van der Waals surface area contributed by atoms with Crippen LogP contribution in [0.1, 0.15) is 19.7 Å². The van der Waals surface area contributed by atoms with Gasteiger partial charge in [-0.1, -0.05) is 13.8 Å². The number of hydrogen-bond donors (Lipinski definition) is 0. The lowest BCUT2D eigenvalue weighted by Gasteiger charge is -2.10. The van der Waals surface area contributed by atoms with E-state index in [2.05, 4.69) is 23.9 Å². The van der Waals surface area contributed by atoms with Crippen molar-refractivity contribution in [1.82, 2.24) is 14.8 Å². The molecule has 0 radical (unpaired) electrons. The molecule has 0 N–H and O–H groups in total. The summed E-state index contributed by atoms with van der Waals surface area (Å²) in [5.41, 5.74) is 0. The zero-order valence-corrected chi connectivity index (χ0v) is 10.5. The van der Waals surface area contributed by atoms with Crippen molar-refractivity contribution >= 4 is 17.5 Å². The standard InChI is InChI=1S/C11H17N3OS/c1-8(2)4-14-11(12-7-13-14)3-9-5-16-6-10(9)15/h7-9H,3-6H2,1-2H3. The summed E-state index contributed by atoms with van der Waals surface area (Å²) in [6, 6.07) is 0. The predicted molar refractivity (Wildman–Crippen MR) is 64.4 cm³/mol. The molecule has 2 rings (SSSR count). The van der Waals surface area contributed by atoms with Gasteiger partial charge in [-0.3, -0.25) is 4.79 Å². The molecule has 1 fully saturated rings. The van der Waals surface area contributed by atoms with Crippen molar-refractivity contribution in [3.63, 3.8) is 0 Å². The number of hydrogen-bond acceptors (Lipinski definition) is 4. The van der Waals surface area contributed by atoms with Crippen LogP contribution >= 0.6 is 11.8 Å². The summed E-state index contributed by atoms with van der Waals surface area (Å²) in [6.07, 6.45) is 2.34. The van der Waals surface area contributed by atoms with Crippen molar-refractivity contribution in [2.75, 3.05) is 11.5 Å². The zero-order chi connectivity index (χ0) is 11.5. The molecule has 0 bridgehead atoms. The monoisotopic (exact) mass is 239 g/mol. The highest BCUT2D eigenvalue weighted by molar-refractivity contribution is 8.00. The molecule has 1 atom stereocenters. The molecule has 1 unspecified atom stereocenters. The van der Waals surface area contributed by atoms with Gasteiger partial charge in [0.05, 0.1) is 5.75 Å². The van der Waals surface area contributed by atoms with Crippen LogP contribution in [-0.4, -0.2) is 32.1 Å². The van der Waals surface area contributed by atoms with Gasteiger partial charge in [-0.15, -0.1) is 0 Å². The molecule has 2 heterocycles. The third-order valence-corrected chi connectivity index (χ3v) is 3.81. The van der Waals surface area contributed by atoms with E-state index in [1.165, 1.54) is 0 Å². The van der Waals surface area contributed by atoms with E-state index in [4.69, 9.17) is 0 Å². The number of carbonyl (C=O) groups excluding carboxylic acids is 1. The normalized spacial score (nSPS) is 20.9. The lowest BCUT2D eigenvalue weighted by atomic mass is 10.0. The number of aromatic nitrogens is 3. The van der Waals surface area contributed by atoms with E-state index in [0.717, 1.165) is 24.5 Å². The summed E-state index contributed by atoms with van der Waals surface area (Å²) in [6.45, 7) is 5.19. The number of nitrogens with zero attached hydrogens (tertiary/aromatic N) is 3. The van der Waals surface area contributed by atoms with E-state index in [1.807, 2.05) is 4.68 Å². The van der Waals surface area contributed by atoms with Crippen LogP contribution in [0.15, 0.2) is 6.33 Å². The minimum Gasteiger partial charge on any atom is -0.298 e. The third-order valence-electron chi connectivity index (χ3n) is 2.68. The maximum atomic E-state index is 11.6. The van der Waals surface area contributed by atoms with Gasteiger partial charge in [-0.25, -0.2) is 9.67 Å². The van der Waals surface area contributed by atoms with Gasteiger partial charge in [0.25, 0.3) is 0 Å². The van der Waals surface area contributed by atoms with E-state index in [0.29, 0.717) is 17.5 Å². The lowest BCUT2D eigenvalue weighted by molar-refractivity contribution is -0.119. The van der Waals surface area contributed by atoms with Gasteiger partial charge in [0, 0.05) is 24.6 Å². The molecule has 1 saturated heterocycles. The summed E-state index contributed by atoms with van der Waals surface area (Å²) in [5.74, 6) is 3.63. The summed E-state index contributed by atoms with van der Waals surface area (Å²) >= 11 is 1.72. The van der Waals surface area contributed by atoms with Gasteiger partial charge in [-0.05, 0) is 5.92 Å². The Morgan fingerprint density at radius 1 is 1.62 bits per heavy atom. The Labute approximate surface area is 99.8 Å². The first-order valence-corrected chi connectivity index (χ1v) is 6.79. The average Bonchev–Trinajstić information content (AvgIpc) is 2.78. The predicted octanol–water partition coefficient (Wildman–Crippen LogP) is 1.41. The molecule has 5 heteroatoms. The van der Waals surface area contributed by atoms with Crippen LogP contribution in [0.3, 0.4) is 0 Å². The summed E-state index contributed by atoms with van der Waals surface area (Å²) in [5, 5.41) is 4.21. The number of carbonyl (C=O) groups is 1. The summed E-state index contributed by atoms with van der Waals surface area (Å²) in [4.78, 5) is 15.8. The fourth-order valence-corrected chi connectivity index (χ4v) is 2.99. The average molecular weight is 239 g/mol. The fraction of sp³-hybridized carbons (Fsp3) is 0.727. The van der Waals surface area contributed by atoms with E-state index in [-0.39, 0.29) is 5.92 Å². The number of rotatable bonds is 4. The topological polar surface area (TPSA) is 47.8 Å². The van der Waals surface area contributed by atoms with Gasteiger partial charge >= 0.3 is 0 Å². The van der Waals surface area contributed by atoms with Crippen LogP contribution in [0.5, 0.6) is 0 Å². The number of ketones is 1. The molecular weight excluding hydrogens is 222 g/mol. The second kappa shape index (κ2) is 4.99. The van der Waals surface area contributed by atoms with E-state index >= 15 is 0 Å². The molecule has 0 amide bonds. The van der Waals surface area contributed by atoms with Crippen LogP contribution in [0, 0.1) is 11.8 Å². The van der Waals surface area contributed by atoms with Gasteiger partial charge in [0.1, 0.15) is 17.9 Å². The molecule has 1 aliphatic heterocycles. The Bertz CT molecular complexity index is 375. The highest BCUT2D eigenvalue weighted by Crippen LogP contribution is 2.23. The number of thioether (sulfide) groups is 1. The Hall–Kier alpha value is -0.840. The maximum absolute atomic E-state index is 11.6. The van der Waals surface area contributed by atoms with Crippen molar-refractivity contribution in [3.8, 4) is 0 Å². The van der Waals surface area contributed by atoms with Crippen molar-refractivity contribution in [2.45, 2.75) is 26.8 Å². The highest BCUT2D eigenvalue weighted by Gasteiger charge is 2.26. The molecule has 0 aliphatic carbocycles. The molecule has 1 aromatic heterocycles. The van der Waals surface area contributed by atoms with Crippen LogP contribution in [0.2, 0.25) is 0 Å². The third kappa shape index (κ3) is 2.64. The van der Waals surface area contributed by atoms with E-state index in [1.54, 1.807) is 18.1 Å². The quantitative estimate of drug-likeness (QED) is 0.797. The first-order chi connectivity index (χ1) is 7.66. The smallest absolute Gasteiger partial charge is 0.147 e. The summed E-state index contributed by atoms with van der Waals surface area (Å²) in [7, 11) is 0. The molecule has 88 valence electrons. The molecule has 1 aliphatic rings. The minimum absolute atomic E-state index is 0.153. The van der Waals surface area contributed by atoms with Crippen molar-refractivity contribution in [2.24, 2.45) is 11.8 Å². The van der Waals surface area contributed by atoms with Gasteiger partial charge < -0.3 is 0 Å². The largest absolute Gasteiger partial charge is 0.298 e. The molecule has 4 nitrogen and oxygen atoms in total. The SMILES string of the molecule is CC(C)Cn1ncnc1CC1CSCC1=O. The fourth-order valence-electron chi connectivity index (χ4n) is 1.85. The highest BCUT2D eigenvalue weighted by atomic mass is 32.2. The number of Topliss-reactive ketones (excluding diaryl/α,β-unsaturated/α-hetero) is 1. The van der Waals surface area contributed by atoms with Crippen LogP contribution in [-0.2, 0) is 17.8 Å². The van der Waals surface area contributed by atoms with Crippen LogP contribution in [0.4, 0.5) is 0 Å². The molecule has 1 aromatic rings. The van der Waals surface area contributed by atoms with Gasteiger partial charge in [0.15, 0.2) is 0 Å². The first-order valence-electron chi connectivity index (χ1n) is 5.64. The Kier molecular flexibility index (Phi) is 3.63. The van der Waals surface area contributed by atoms with Gasteiger partial charge in [0.2, 0.25) is 0 Å². The Balaban J connectivity index is 2.03. The molecule has 0 spiro atoms. The Morgan fingerprint density at radius 2 is 2.44 bits per heavy atom. The molecule has 16 heavy (non-hydrogen) atoms. The maximum Gasteiger partial charge on any atom is 0.147 e. The second-order valence-electron chi connectivity index (χ2n) is 4.63. The van der Waals surface area contributed by atoms with E-state index in [9.17, 15) is 4.79 Å². The van der Waals surface area contributed by atoms with Crippen LogP contribution in [0.25, 0.3) is 0 Å². The zero-order valence-electron chi connectivity index (χ0n) is 9.72. The lowest BCUT2D eigenvalue weighted by Crippen LogP contribution is -2.18. The molecule has 0 aromatic carbocycles. The second-order valence-corrected chi connectivity index (χ2v) is 5.66. The van der Waals surface area contributed by atoms with Crippen LogP contribution < -0.4 is 0 Å². The molecule has 0 saturated carbocycles.